The summed E-state index contributed by atoms with van der Waals surface area (Å²) < 4.78 is 19.0. The van der Waals surface area contributed by atoms with E-state index in [9.17, 15) is 0 Å². The maximum atomic E-state index is 6.02. The molecule has 0 saturated heterocycles. The van der Waals surface area contributed by atoms with Crippen LogP contribution in [0.15, 0.2) is 51.5 Å². The molecule has 1 atom stereocenters. The number of hydrogen-bond acceptors (Lipinski definition) is 9. The van der Waals surface area contributed by atoms with Gasteiger partial charge in [-0.3, -0.25) is 0 Å². The predicted octanol–water partition coefficient (Wildman–Crippen LogP) is 3.73. The van der Waals surface area contributed by atoms with Gasteiger partial charge in [0.2, 0.25) is 11.7 Å². The Labute approximate surface area is 168 Å². The maximum Gasteiger partial charge on any atom is 0.237 e. The summed E-state index contributed by atoms with van der Waals surface area (Å²) in [5.41, 5.74) is 0. The molecule has 1 aromatic carbocycles. The second-order valence-corrected chi connectivity index (χ2v) is 7.93. The SMILES string of the molecule is Cn1c(SCc2nc(-c3cccs3)no2)nnc1C1COc2ccccc2O1. The molecule has 1 aliphatic heterocycles. The van der Waals surface area contributed by atoms with E-state index in [-0.39, 0.29) is 6.10 Å². The van der Waals surface area contributed by atoms with E-state index >= 15 is 0 Å². The fraction of sp³-hybridized carbons (Fsp3) is 0.222. The monoisotopic (exact) mass is 413 g/mol. The van der Waals surface area contributed by atoms with Gasteiger partial charge in [0.25, 0.3) is 0 Å². The van der Waals surface area contributed by atoms with E-state index < -0.39 is 0 Å². The largest absolute Gasteiger partial charge is 0.485 e. The number of ether oxygens (including phenoxy) is 2. The fourth-order valence-electron chi connectivity index (χ4n) is 2.82. The Morgan fingerprint density at radius 1 is 1.18 bits per heavy atom. The Kier molecular flexibility index (Phi) is 4.49. The van der Waals surface area contributed by atoms with Gasteiger partial charge in [-0.2, -0.15) is 4.98 Å². The van der Waals surface area contributed by atoms with Crippen LogP contribution in [0.1, 0.15) is 17.8 Å². The highest BCUT2D eigenvalue weighted by Gasteiger charge is 2.27. The average molecular weight is 413 g/mol. The number of para-hydroxylation sites is 2. The lowest BCUT2D eigenvalue weighted by Gasteiger charge is -2.25. The zero-order valence-corrected chi connectivity index (χ0v) is 16.4. The van der Waals surface area contributed by atoms with Crippen LogP contribution in [-0.4, -0.2) is 31.5 Å². The first-order valence-electron chi connectivity index (χ1n) is 8.55. The maximum absolute atomic E-state index is 6.02. The highest BCUT2D eigenvalue weighted by atomic mass is 32.2. The lowest BCUT2D eigenvalue weighted by molar-refractivity contribution is 0.0825. The Hall–Kier alpha value is -2.85. The van der Waals surface area contributed by atoms with Crippen LogP contribution in [0.25, 0.3) is 10.7 Å². The molecule has 3 aromatic heterocycles. The van der Waals surface area contributed by atoms with Crippen LogP contribution in [0.3, 0.4) is 0 Å². The molecule has 0 radical (unpaired) electrons. The molecular weight excluding hydrogens is 398 g/mol. The number of hydrogen-bond donors (Lipinski definition) is 0. The van der Waals surface area contributed by atoms with Crippen molar-refractivity contribution >= 4 is 23.1 Å². The van der Waals surface area contributed by atoms with Gasteiger partial charge >= 0.3 is 0 Å². The molecule has 4 aromatic rings. The predicted molar refractivity (Wildman–Crippen MR) is 103 cm³/mol. The Bertz CT molecular complexity index is 1090. The molecule has 0 aliphatic carbocycles. The standard InChI is InChI=1S/C18H15N5O3S2/c1-23-17(13-9-24-11-5-2-3-6-12(11)25-13)20-21-18(23)28-10-15-19-16(22-26-15)14-7-4-8-27-14/h2-8,13H,9-10H2,1H3. The molecule has 8 nitrogen and oxygen atoms in total. The second kappa shape index (κ2) is 7.28. The molecule has 0 spiro atoms. The average Bonchev–Trinajstić information content (AvgIpc) is 3.47. The number of rotatable bonds is 5. The minimum Gasteiger partial charge on any atom is -0.485 e. The van der Waals surface area contributed by atoms with Crippen molar-refractivity contribution in [1.29, 1.82) is 0 Å². The Balaban J connectivity index is 1.27. The van der Waals surface area contributed by atoms with Crippen molar-refractivity contribution in [3.05, 3.63) is 53.5 Å². The van der Waals surface area contributed by atoms with E-state index in [1.54, 1.807) is 11.3 Å². The van der Waals surface area contributed by atoms with E-state index in [1.807, 2.05) is 53.4 Å². The zero-order chi connectivity index (χ0) is 18.9. The van der Waals surface area contributed by atoms with Crippen molar-refractivity contribution in [3.63, 3.8) is 0 Å². The van der Waals surface area contributed by atoms with Gasteiger partial charge in [-0.15, -0.1) is 21.5 Å². The number of thioether (sulfide) groups is 1. The number of thiophene rings is 1. The van der Waals surface area contributed by atoms with Crippen molar-refractivity contribution in [2.24, 2.45) is 7.05 Å². The molecule has 0 saturated carbocycles. The number of nitrogens with zero attached hydrogens (tertiary/aromatic N) is 5. The highest BCUT2D eigenvalue weighted by Crippen LogP contribution is 2.36. The van der Waals surface area contributed by atoms with Crippen molar-refractivity contribution in [2.45, 2.75) is 17.0 Å². The molecule has 1 aliphatic rings. The van der Waals surface area contributed by atoms with Crippen LogP contribution in [0.2, 0.25) is 0 Å². The molecule has 0 amide bonds. The molecule has 142 valence electrons. The molecule has 5 rings (SSSR count). The normalized spacial score (nSPS) is 15.7. The Morgan fingerprint density at radius 3 is 2.93 bits per heavy atom. The molecule has 0 fully saturated rings. The lowest BCUT2D eigenvalue weighted by atomic mass is 10.2. The molecule has 1 unspecified atom stereocenters. The molecule has 4 heterocycles. The summed E-state index contributed by atoms with van der Waals surface area (Å²) in [5.74, 6) is 3.83. The van der Waals surface area contributed by atoms with Crippen molar-refractivity contribution in [2.75, 3.05) is 6.61 Å². The van der Waals surface area contributed by atoms with Crippen LogP contribution in [-0.2, 0) is 12.8 Å². The van der Waals surface area contributed by atoms with E-state index in [0.29, 0.717) is 35.6 Å². The topological polar surface area (TPSA) is 88.1 Å². The Morgan fingerprint density at radius 2 is 2.07 bits per heavy atom. The van der Waals surface area contributed by atoms with Crippen LogP contribution in [0.4, 0.5) is 0 Å². The third-order valence-corrected chi connectivity index (χ3v) is 6.07. The third-order valence-electron chi connectivity index (χ3n) is 4.20. The number of benzene rings is 1. The minimum atomic E-state index is -0.310. The van der Waals surface area contributed by atoms with Gasteiger partial charge in [0.05, 0.1) is 10.6 Å². The van der Waals surface area contributed by atoms with Crippen LogP contribution < -0.4 is 9.47 Å². The van der Waals surface area contributed by atoms with Gasteiger partial charge in [-0.05, 0) is 23.6 Å². The first kappa shape index (κ1) is 17.3. The van der Waals surface area contributed by atoms with Gasteiger partial charge in [0.15, 0.2) is 28.6 Å². The smallest absolute Gasteiger partial charge is 0.237 e. The van der Waals surface area contributed by atoms with E-state index in [4.69, 9.17) is 14.0 Å². The summed E-state index contributed by atoms with van der Waals surface area (Å²) in [6, 6.07) is 11.5. The summed E-state index contributed by atoms with van der Waals surface area (Å²) in [6.07, 6.45) is -0.310. The van der Waals surface area contributed by atoms with Crippen LogP contribution >= 0.6 is 23.1 Å². The van der Waals surface area contributed by atoms with Crippen molar-refractivity contribution in [1.82, 2.24) is 24.9 Å². The number of fused-ring (bicyclic) bond motifs is 1. The zero-order valence-electron chi connectivity index (χ0n) is 14.8. The second-order valence-electron chi connectivity index (χ2n) is 6.04. The summed E-state index contributed by atoms with van der Waals surface area (Å²) >= 11 is 3.06. The number of aromatic nitrogens is 5. The highest BCUT2D eigenvalue weighted by molar-refractivity contribution is 7.98. The van der Waals surface area contributed by atoms with Crippen LogP contribution in [0.5, 0.6) is 11.5 Å². The fourth-order valence-corrected chi connectivity index (χ4v) is 4.23. The molecular formula is C18H15N5O3S2. The molecule has 0 N–H and O–H groups in total. The van der Waals surface area contributed by atoms with Crippen molar-refractivity contribution < 1.29 is 14.0 Å². The minimum absolute atomic E-state index is 0.310. The van der Waals surface area contributed by atoms with E-state index in [0.717, 1.165) is 15.8 Å². The van der Waals surface area contributed by atoms with E-state index in [1.165, 1.54) is 11.8 Å². The summed E-state index contributed by atoms with van der Waals surface area (Å²) in [4.78, 5) is 5.41. The summed E-state index contributed by atoms with van der Waals surface area (Å²) in [6.45, 7) is 0.390. The van der Waals surface area contributed by atoms with Gasteiger partial charge in [0.1, 0.15) is 6.61 Å². The summed E-state index contributed by atoms with van der Waals surface area (Å²) in [7, 11) is 1.91. The molecule has 28 heavy (non-hydrogen) atoms. The quantitative estimate of drug-likeness (QED) is 0.457. The lowest BCUT2D eigenvalue weighted by Crippen LogP contribution is -2.24. The van der Waals surface area contributed by atoms with Gasteiger partial charge in [-0.1, -0.05) is 35.1 Å². The first-order chi connectivity index (χ1) is 13.8. The van der Waals surface area contributed by atoms with Gasteiger partial charge in [0, 0.05) is 7.05 Å². The van der Waals surface area contributed by atoms with Gasteiger partial charge < -0.3 is 18.6 Å². The van der Waals surface area contributed by atoms with E-state index in [2.05, 4.69) is 20.3 Å². The first-order valence-corrected chi connectivity index (χ1v) is 10.4. The van der Waals surface area contributed by atoms with Gasteiger partial charge in [-0.25, -0.2) is 0 Å². The molecule has 10 heteroatoms. The summed E-state index contributed by atoms with van der Waals surface area (Å²) in [5, 5.41) is 15.3. The third kappa shape index (κ3) is 3.25. The molecule has 0 bridgehead atoms. The van der Waals surface area contributed by atoms with Crippen LogP contribution in [0, 0.1) is 0 Å². The van der Waals surface area contributed by atoms with Crippen molar-refractivity contribution in [3.8, 4) is 22.2 Å².